The molecule has 4 rings (SSSR count). The molecule has 31 heavy (non-hydrogen) atoms. The molecule has 0 saturated heterocycles. The quantitative estimate of drug-likeness (QED) is 0.390. The fourth-order valence-electron chi connectivity index (χ4n) is 3.52. The molecule has 162 valence electrons. The number of para-hydroxylation sites is 1. The number of rotatable bonds is 5. The van der Waals surface area contributed by atoms with Gasteiger partial charge in [0.1, 0.15) is 5.75 Å². The maximum absolute atomic E-state index is 12.6. The molecule has 3 aromatic rings. The van der Waals surface area contributed by atoms with Gasteiger partial charge in [0.05, 0.1) is 30.3 Å². The maximum Gasteiger partial charge on any atom is 0.461 e. The number of hydrogen-bond donors (Lipinski definition) is 2. The minimum absolute atomic E-state index is 0.149. The second kappa shape index (κ2) is 9.10. The Bertz CT molecular complexity index is 1060. The molecule has 0 aliphatic carbocycles. The third-order valence-corrected chi connectivity index (χ3v) is 6.03. The van der Waals surface area contributed by atoms with E-state index in [0.717, 1.165) is 10.2 Å². The van der Waals surface area contributed by atoms with Gasteiger partial charge in [-0.3, -0.25) is 4.98 Å². The van der Waals surface area contributed by atoms with Crippen molar-refractivity contribution in [3.05, 3.63) is 76.5 Å². The molecule has 2 N–H and O–H groups in total. The maximum atomic E-state index is 12.6. The fraction of sp³-hybridized carbons (Fsp3) is 0.227. The number of hydrogen-bond acceptors (Lipinski definition) is 5. The van der Waals surface area contributed by atoms with Gasteiger partial charge in [-0.15, -0.1) is 0 Å². The summed E-state index contributed by atoms with van der Waals surface area (Å²) in [4.78, 5) is 4.36. The summed E-state index contributed by atoms with van der Waals surface area (Å²) in [6, 6.07) is 15.9. The number of alkyl halides is 3. The molecule has 2 heterocycles. The number of benzene rings is 2. The van der Waals surface area contributed by atoms with Crippen LogP contribution in [0.1, 0.15) is 17.4 Å². The topological polar surface area (TPSA) is 54.4 Å². The summed E-state index contributed by atoms with van der Waals surface area (Å²) in [5, 5.41) is 10.9. The summed E-state index contributed by atoms with van der Waals surface area (Å²) in [5.74, 6) is 0.382. The van der Waals surface area contributed by atoms with E-state index in [-0.39, 0.29) is 17.9 Å². The highest BCUT2D eigenvalue weighted by Gasteiger charge is 2.31. The number of fused-ring (bicyclic) bond motifs is 1. The average Bonchev–Trinajstić information content (AvgIpc) is 2.75. The Balaban J connectivity index is 1.55. The van der Waals surface area contributed by atoms with E-state index in [2.05, 4.69) is 25.6 Å². The highest BCUT2D eigenvalue weighted by Crippen LogP contribution is 2.41. The molecule has 0 radical (unpaired) electrons. The zero-order chi connectivity index (χ0) is 22.0. The number of aliphatic hydroxyl groups is 1. The van der Waals surface area contributed by atoms with E-state index in [1.807, 2.05) is 12.1 Å². The summed E-state index contributed by atoms with van der Waals surface area (Å²) < 4.78 is 47.0. The average molecular weight is 511 g/mol. The molecule has 0 bridgehead atoms. The van der Waals surface area contributed by atoms with Gasteiger partial charge in [0, 0.05) is 33.4 Å². The molecule has 9 heteroatoms. The van der Waals surface area contributed by atoms with Gasteiger partial charge < -0.3 is 14.6 Å². The van der Waals surface area contributed by atoms with Gasteiger partial charge in [0.2, 0.25) is 0 Å². The minimum atomic E-state index is -4.39. The number of pyridine rings is 1. The third-order valence-electron chi connectivity index (χ3n) is 5.01. The van der Waals surface area contributed by atoms with E-state index in [1.54, 1.807) is 48.7 Å². The van der Waals surface area contributed by atoms with Crippen molar-refractivity contribution in [3.8, 4) is 16.9 Å². The Hall–Kier alpha value is -2.23. The predicted molar refractivity (Wildman–Crippen MR) is 119 cm³/mol. The molecule has 0 spiro atoms. The van der Waals surface area contributed by atoms with E-state index in [9.17, 15) is 18.3 Å². The van der Waals surface area contributed by atoms with Crippen molar-refractivity contribution in [2.24, 2.45) is 5.92 Å². The Morgan fingerprint density at radius 3 is 2.71 bits per heavy atom. The number of nitrogens with zero attached hydrogens (tertiary/aromatic N) is 1. The van der Waals surface area contributed by atoms with Gasteiger partial charge in [-0.1, -0.05) is 30.3 Å². The molecule has 1 aliphatic heterocycles. The lowest BCUT2D eigenvalue weighted by atomic mass is 9.88. The molecular formula is C22H18BrF3N2O2S. The van der Waals surface area contributed by atoms with Crippen LogP contribution < -0.4 is 9.46 Å². The first kappa shape index (κ1) is 22.0. The molecule has 1 aromatic heterocycles. The van der Waals surface area contributed by atoms with Crippen molar-refractivity contribution in [2.75, 3.05) is 11.3 Å². The van der Waals surface area contributed by atoms with Crippen molar-refractivity contribution in [1.82, 2.24) is 4.98 Å². The van der Waals surface area contributed by atoms with E-state index in [1.165, 1.54) is 0 Å². The van der Waals surface area contributed by atoms with Crippen molar-refractivity contribution in [2.45, 2.75) is 18.0 Å². The standard InChI is InChI=1S/C22H18BrF3N2O2S/c23-15-6-7-16(27-11-15)9-14-12-30-20-10-13(5-8-18(20)21(14)29)17-3-1-2-4-19(17)28-31-22(24,25)26/h1-8,10-11,14,21,28-29H,9,12H2/t14-,21?/m0/s1. The van der Waals surface area contributed by atoms with Gasteiger partial charge in [-0.25, -0.2) is 0 Å². The number of aromatic nitrogens is 1. The number of aliphatic hydroxyl groups excluding tert-OH is 1. The van der Waals surface area contributed by atoms with E-state index < -0.39 is 11.6 Å². The van der Waals surface area contributed by atoms with Crippen LogP contribution in [0.25, 0.3) is 11.1 Å². The van der Waals surface area contributed by atoms with Crippen LogP contribution in [0.15, 0.2) is 65.3 Å². The van der Waals surface area contributed by atoms with Crippen LogP contribution in [0.3, 0.4) is 0 Å². The number of anilines is 1. The molecule has 0 fully saturated rings. The van der Waals surface area contributed by atoms with Crippen LogP contribution in [-0.2, 0) is 6.42 Å². The van der Waals surface area contributed by atoms with Gasteiger partial charge in [0.15, 0.2) is 0 Å². The SMILES string of the molecule is OC1c2ccc(-c3ccccc3NSC(F)(F)F)cc2OC[C@@H]1Cc1ccc(Br)cn1. The highest BCUT2D eigenvalue weighted by atomic mass is 79.9. The Kier molecular flexibility index (Phi) is 6.45. The van der Waals surface area contributed by atoms with Crippen molar-refractivity contribution >= 4 is 33.6 Å². The summed E-state index contributed by atoms with van der Waals surface area (Å²) in [5.41, 5.74) is -1.22. The highest BCUT2D eigenvalue weighted by molar-refractivity contribution is 9.10. The summed E-state index contributed by atoms with van der Waals surface area (Å²) in [7, 11) is 0. The van der Waals surface area contributed by atoms with Crippen LogP contribution in [-0.4, -0.2) is 22.2 Å². The van der Waals surface area contributed by atoms with Crippen molar-refractivity contribution in [1.29, 1.82) is 0 Å². The van der Waals surface area contributed by atoms with Crippen molar-refractivity contribution < 1.29 is 23.0 Å². The number of ether oxygens (including phenoxy) is 1. The normalized spacial score (nSPS) is 18.2. The van der Waals surface area contributed by atoms with E-state index in [0.29, 0.717) is 41.2 Å². The lowest BCUT2D eigenvalue weighted by Crippen LogP contribution is -2.28. The number of nitrogens with one attached hydrogen (secondary N) is 1. The van der Waals surface area contributed by atoms with Crippen molar-refractivity contribution in [3.63, 3.8) is 0 Å². The Morgan fingerprint density at radius 1 is 1.16 bits per heavy atom. The monoisotopic (exact) mass is 510 g/mol. The first-order valence-corrected chi connectivity index (χ1v) is 11.1. The first-order chi connectivity index (χ1) is 14.8. The molecular weight excluding hydrogens is 493 g/mol. The predicted octanol–water partition coefficient (Wildman–Crippen LogP) is 6.38. The van der Waals surface area contributed by atoms with Gasteiger partial charge in [-0.2, -0.15) is 13.2 Å². The third kappa shape index (κ3) is 5.34. The fourth-order valence-corrected chi connectivity index (χ4v) is 4.15. The van der Waals surface area contributed by atoms with E-state index >= 15 is 0 Å². The van der Waals surface area contributed by atoms with Crippen LogP contribution >= 0.6 is 27.9 Å². The molecule has 2 aromatic carbocycles. The van der Waals surface area contributed by atoms with Crippen LogP contribution in [0.2, 0.25) is 0 Å². The van der Waals surface area contributed by atoms with Crippen LogP contribution in [0, 0.1) is 5.92 Å². The molecule has 0 amide bonds. The zero-order valence-corrected chi connectivity index (χ0v) is 18.5. The van der Waals surface area contributed by atoms with Crippen LogP contribution in [0.5, 0.6) is 5.75 Å². The molecule has 4 nitrogen and oxygen atoms in total. The molecule has 1 aliphatic rings. The summed E-state index contributed by atoms with van der Waals surface area (Å²) in [6.45, 7) is 0.319. The van der Waals surface area contributed by atoms with Gasteiger partial charge in [0.25, 0.3) is 0 Å². The first-order valence-electron chi connectivity index (χ1n) is 9.45. The van der Waals surface area contributed by atoms with Gasteiger partial charge in [-0.05, 0) is 52.2 Å². The Morgan fingerprint density at radius 2 is 1.97 bits per heavy atom. The largest absolute Gasteiger partial charge is 0.493 e. The second-order valence-electron chi connectivity index (χ2n) is 7.14. The Labute approximate surface area is 190 Å². The molecule has 1 unspecified atom stereocenters. The smallest absolute Gasteiger partial charge is 0.461 e. The van der Waals surface area contributed by atoms with E-state index in [4.69, 9.17) is 4.74 Å². The second-order valence-corrected chi connectivity index (χ2v) is 8.92. The lowest BCUT2D eigenvalue weighted by Gasteiger charge is -2.30. The minimum Gasteiger partial charge on any atom is -0.493 e. The summed E-state index contributed by atoms with van der Waals surface area (Å²) in [6.07, 6.45) is 1.56. The molecule has 2 atom stereocenters. The summed E-state index contributed by atoms with van der Waals surface area (Å²) >= 11 is 3.05. The van der Waals surface area contributed by atoms with Gasteiger partial charge >= 0.3 is 5.51 Å². The lowest BCUT2D eigenvalue weighted by molar-refractivity contribution is -0.0323. The number of halogens is 4. The zero-order valence-electron chi connectivity index (χ0n) is 16.1. The van der Waals surface area contributed by atoms with Crippen LogP contribution in [0.4, 0.5) is 18.9 Å². The molecule has 0 saturated carbocycles.